The first-order chi connectivity index (χ1) is 16.8. The Kier molecular flexibility index (Phi) is 5.68. The maximum Gasteiger partial charge on any atom is 0.273 e. The summed E-state index contributed by atoms with van der Waals surface area (Å²) in [6.07, 6.45) is 1.51. The Hall–Kier alpha value is -4.27. The standard InChI is InChI=1S/C26H22F2N4O3/c1-26(25(34)29-14-17-5-2-7-19(27)11-17)16-32-22(13-21(30-32)23-9-4-10-35-23)24(33)31(26)15-18-6-3-8-20(28)12-18/h2-13H,14-16H2,1H3,(H,29,34)/t26-/m1/s1. The molecule has 1 atom stereocenters. The third kappa shape index (κ3) is 4.32. The van der Waals surface area contributed by atoms with Gasteiger partial charge in [0.05, 0.1) is 12.8 Å². The third-order valence-corrected chi connectivity index (χ3v) is 6.13. The van der Waals surface area contributed by atoms with Crippen LogP contribution < -0.4 is 5.32 Å². The molecule has 0 saturated heterocycles. The van der Waals surface area contributed by atoms with E-state index < -0.39 is 29.0 Å². The van der Waals surface area contributed by atoms with E-state index in [1.54, 1.807) is 49.4 Å². The van der Waals surface area contributed by atoms with Gasteiger partial charge in [-0.05, 0) is 54.4 Å². The van der Waals surface area contributed by atoms with Crippen molar-refractivity contribution in [3.8, 4) is 11.5 Å². The summed E-state index contributed by atoms with van der Waals surface area (Å²) in [4.78, 5) is 28.6. The fraction of sp³-hybridized carbons (Fsp3) is 0.192. The predicted octanol–water partition coefficient (Wildman–Crippen LogP) is 4.15. The normalized spacial score (nSPS) is 17.3. The van der Waals surface area contributed by atoms with Crippen molar-refractivity contribution in [3.63, 3.8) is 0 Å². The molecule has 5 rings (SSSR count). The fourth-order valence-corrected chi connectivity index (χ4v) is 4.27. The number of rotatable bonds is 6. The molecule has 0 saturated carbocycles. The first-order valence-corrected chi connectivity index (χ1v) is 11.0. The Balaban J connectivity index is 1.49. The van der Waals surface area contributed by atoms with Gasteiger partial charge in [0, 0.05) is 19.2 Å². The Labute approximate surface area is 200 Å². The van der Waals surface area contributed by atoms with Gasteiger partial charge >= 0.3 is 0 Å². The zero-order chi connectivity index (χ0) is 24.6. The number of carbonyl (C=O) groups excluding carboxylic acids is 2. The van der Waals surface area contributed by atoms with Crippen LogP contribution in [0.5, 0.6) is 0 Å². The van der Waals surface area contributed by atoms with Crippen molar-refractivity contribution in [1.82, 2.24) is 20.0 Å². The van der Waals surface area contributed by atoms with Crippen LogP contribution in [0.3, 0.4) is 0 Å². The molecule has 9 heteroatoms. The van der Waals surface area contributed by atoms with E-state index in [2.05, 4.69) is 10.4 Å². The van der Waals surface area contributed by atoms with Gasteiger partial charge in [-0.3, -0.25) is 14.3 Å². The molecule has 2 amide bonds. The summed E-state index contributed by atoms with van der Waals surface area (Å²) in [6, 6.07) is 16.9. The van der Waals surface area contributed by atoms with Gasteiger partial charge in [-0.25, -0.2) is 8.78 Å². The lowest BCUT2D eigenvalue weighted by Crippen LogP contribution is -2.63. The van der Waals surface area contributed by atoms with Crippen LogP contribution in [0.1, 0.15) is 28.5 Å². The summed E-state index contributed by atoms with van der Waals surface area (Å²) >= 11 is 0. The molecule has 4 aromatic rings. The number of carbonyl (C=O) groups is 2. The molecule has 0 bridgehead atoms. The number of aromatic nitrogens is 2. The van der Waals surface area contributed by atoms with Crippen molar-refractivity contribution in [3.05, 3.63) is 101 Å². The lowest BCUT2D eigenvalue weighted by molar-refractivity contribution is -0.133. The summed E-state index contributed by atoms with van der Waals surface area (Å²) in [5, 5.41) is 7.31. The van der Waals surface area contributed by atoms with E-state index in [0.29, 0.717) is 28.3 Å². The number of furan rings is 1. The topological polar surface area (TPSA) is 80.4 Å². The zero-order valence-electron chi connectivity index (χ0n) is 18.9. The molecular formula is C26H22F2N4O3. The van der Waals surface area contributed by atoms with Crippen LogP contribution >= 0.6 is 0 Å². The SMILES string of the molecule is C[C@]1(C(=O)NCc2cccc(F)c2)Cn2nc(-c3ccco3)cc2C(=O)N1Cc1cccc(F)c1. The van der Waals surface area contributed by atoms with Crippen molar-refractivity contribution < 1.29 is 22.8 Å². The van der Waals surface area contributed by atoms with E-state index in [1.807, 2.05) is 0 Å². The number of nitrogens with zero attached hydrogens (tertiary/aromatic N) is 3. The molecule has 7 nitrogen and oxygen atoms in total. The van der Waals surface area contributed by atoms with Crippen molar-refractivity contribution in [2.24, 2.45) is 0 Å². The van der Waals surface area contributed by atoms with Gasteiger partial charge in [0.1, 0.15) is 28.6 Å². The number of hydrogen-bond acceptors (Lipinski definition) is 4. The molecular weight excluding hydrogens is 454 g/mol. The second kappa shape index (κ2) is 8.83. The second-order valence-corrected chi connectivity index (χ2v) is 8.66. The molecule has 35 heavy (non-hydrogen) atoms. The average molecular weight is 476 g/mol. The quantitative estimate of drug-likeness (QED) is 0.453. The lowest BCUT2D eigenvalue weighted by atomic mass is 9.94. The van der Waals surface area contributed by atoms with E-state index in [0.717, 1.165) is 0 Å². The van der Waals surface area contributed by atoms with Crippen molar-refractivity contribution >= 4 is 11.8 Å². The highest BCUT2D eigenvalue weighted by atomic mass is 19.1. The van der Waals surface area contributed by atoms with Crippen molar-refractivity contribution in [2.75, 3.05) is 0 Å². The minimum atomic E-state index is -1.35. The molecule has 3 heterocycles. The van der Waals surface area contributed by atoms with Crippen LogP contribution in [0.2, 0.25) is 0 Å². The molecule has 178 valence electrons. The summed E-state index contributed by atoms with van der Waals surface area (Å²) in [7, 11) is 0. The smallest absolute Gasteiger partial charge is 0.273 e. The average Bonchev–Trinajstić information content (AvgIpc) is 3.50. The molecule has 1 N–H and O–H groups in total. The Morgan fingerprint density at radius 1 is 1.06 bits per heavy atom. The van der Waals surface area contributed by atoms with Gasteiger partial charge in [-0.15, -0.1) is 0 Å². The molecule has 1 aliphatic rings. The van der Waals surface area contributed by atoms with Crippen LogP contribution in [0, 0.1) is 11.6 Å². The number of halogens is 2. The van der Waals surface area contributed by atoms with Gasteiger partial charge in [0.25, 0.3) is 5.91 Å². The summed E-state index contributed by atoms with van der Waals surface area (Å²) in [5.74, 6) is -1.21. The minimum Gasteiger partial charge on any atom is -0.463 e. The first kappa shape index (κ1) is 22.5. The number of benzene rings is 2. The molecule has 2 aromatic heterocycles. The summed E-state index contributed by atoms with van der Waals surface area (Å²) in [5.41, 5.74) is 0.537. The molecule has 0 spiro atoms. The number of fused-ring (bicyclic) bond motifs is 1. The monoisotopic (exact) mass is 476 g/mol. The van der Waals surface area contributed by atoms with Crippen LogP contribution in [0.25, 0.3) is 11.5 Å². The Bertz CT molecular complexity index is 1400. The number of amides is 2. The second-order valence-electron chi connectivity index (χ2n) is 8.66. The third-order valence-electron chi connectivity index (χ3n) is 6.13. The van der Waals surface area contributed by atoms with Gasteiger partial charge < -0.3 is 14.6 Å². The number of nitrogens with one attached hydrogen (secondary N) is 1. The number of hydrogen-bond donors (Lipinski definition) is 1. The van der Waals surface area contributed by atoms with Crippen LogP contribution in [-0.4, -0.2) is 32.0 Å². The Morgan fingerprint density at radius 2 is 1.77 bits per heavy atom. The molecule has 1 aliphatic heterocycles. The van der Waals surface area contributed by atoms with E-state index in [-0.39, 0.29) is 19.6 Å². The maximum atomic E-state index is 13.9. The molecule has 0 radical (unpaired) electrons. The Morgan fingerprint density at radius 3 is 2.46 bits per heavy atom. The van der Waals surface area contributed by atoms with Gasteiger partial charge in [0.2, 0.25) is 5.91 Å². The lowest BCUT2D eigenvalue weighted by Gasteiger charge is -2.43. The van der Waals surface area contributed by atoms with Crippen LogP contribution in [0.15, 0.2) is 77.4 Å². The molecule has 0 unspecified atom stereocenters. The van der Waals surface area contributed by atoms with Crippen LogP contribution in [0.4, 0.5) is 8.78 Å². The first-order valence-electron chi connectivity index (χ1n) is 11.0. The maximum absolute atomic E-state index is 13.9. The largest absolute Gasteiger partial charge is 0.463 e. The van der Waals surface area contributed by atoms with Crippen LogP contribution in [-0.2, 0) is 24.4 Å². The highest BCUT2D eigenvalue weighted by Gasteiger charge is 2.48. The van der Waals surface area contributed by atoms with E-state index >= 15 is 0 Å². The van der Waals surface area contributed by atoms with E-state index in [9.17, 15) is 18.4 Å². The highest BCUT2D eigenvalue weighted by Crippen LogP contribution is 2.31. The van der Waals surface area contributed by atoms with Gasteiger partial charge in [-0.1, -0.05) is 24.3 Å². The summed E-state index contributed by atoms with van der Waals surface area (Å²) < 4.78 is 34.4. The van der Waals surface area contributed by atoms with Gasteiger partial charge in [0.15, 0.2) is 5.76 Å². The molecule has 0 fully saturated rings. The summed E-state index contributed by atoms with van der Waals surface area (Å²) in [6.45, 7) is 1.81. The van der Waals surface area contributed by atoms with Crippen molar-refractivity contribution in [1.29, 1.82) is 0 Å². The van der Waals surface area contributed by atoms with E-state index in [1.165, 1.54) is 40.1 Å². The van der Waals surface area contributed by atoms with Crippen molar-refractivity contribution in [2.45, 2.75) is 32.1 Å². The molecule has 2 aromatic carbocycles. The van der Waals surface area contributed by atoms with Gasteiger partial charge in [-0.2, -0.15) is 5.10 Å². The minimum absolute atomic E-state index is 0.0156. The highest BCUT2D eigenvalue weighted by molar-refractivity contribution is 6.00. The van der Waals surface area contributed by atoms with E-state index in [4.69, 9.17) is 4.42 Å². The fourth-order valence-electron chi connectivity index (χ4n) is 4.27. The zero-order valence-corrected chi connectivity index (χ0v) is 18.9. The molecule has 0 aliphatic carbocycles. The predicted molar refractivity (Wildman–Crippen MR) is 123 cm³/mol.